The van der Waals surface area contributed by atoms with Crippen LogP contribution >= 0.6 is 27.7 Å². The quantitative estimate of drug-likeness (QED) is 0.288. The van der Waals surface area contributed by atoms with E-state index < -0.39 is 5.91 Å². The molecule has 1 fully saturated rings. The van der Waals surface area contributed by atoms with Crippen molar-refractivity contribution in [2.75, 3.05) is 20.3 Å². The van der Waals surface area contributed by atoms with Crippen molar-refractivity contribution < 1.29 is 28.2 Å². The van der Waals surface area contributed by atoms with Crippen molar-refractivity contribution in [3.8, 4) is 17.2 Å². The van der Waals surface area contributed by atoms with Crippen LogP contribution in [-0.2, 0) is 11.4 Å². The number of ether oxygens (including phenoxy) is 3. The van der Waals surface area contributed by atoms with Crippen LogP contribution < -0.4 is 14.2 Å². The van der Waals surface area contributed by atoms with Crippen LogP contribution in [0.4, 0.5) is 9.18 Å². The van der Waals surface area contributed by atoms with Crippen molar-refractivity contribution in [2.45, 2.75) is 6.61 Å². The smallest absolute Gasteiger partial charge is 0.293 e. The summed E-state index contributed by atoms with van der Waals surface area (Å²) in [4.78, 5) is 26.9. The van der Waals surface area contributed by atoms with Crippen LogP contribution in [0.2, 0.25) is 0 Å². The monoisotopic (exact) mass is 557 g/mol. The molecular formula is C26H21BrFNO5S. The van der Waals surface area contributed by atoms with Crippen LogP contribution in [0.15, 0.2) is 76.1 Å². The predicted octanol–water partition coefficient (Wildman–Crippen LogP) is 6.29. The van der Waals surface area contributed by atoms with Gasteiger partial charge < -0.3 is 14.2 Å². The maximum atomic E-state index is 14.0. The van der Waals surface area contributed by atoms with Crippen molar-refractivity contribution in [1.29, 1.82) is 0 Å². The normalized spacial score (nSPS) is 14.5. The minimum Gasteiger partial charge on any atom is -0.493 e. The van der Waals surface area contributed by atoms with Gasteiger partial charge in [0.25, 0.3) is 11.1 Å². The second kappa shape index (κ2) is 11.4. The molecule has 9 heteroatoms. The number of hydrogen-bond donors (Lipinski definition) is 0. The first-order valence-corrected chi connectivity index (χ1v) is 12.2. The van der Waals surface area contributed by atoms with Crippen molar-refractivity contribution in [1.82, 2.24) is 4.90 Å². The first kappa shape index (κ1) is 24.8. The lowest BCUT2D eigenvalue weighted by molar-refractivity contribution is -0.123. The second-order valence-corrected chi connectivity index (χ2v) is 9.30. The van der Waals surface area contributed by atoms with Crippen molar-refractivity contribution >= 4 is 44.9 Å². The number of para-hydroxylation sites is 2. The lowest BCUT2D eigenvalue weighted by atomic mass is 10.1. The minimum absolute atomic E-state index is 0.0247. The number of rotatable bonds is 9. The number of benzene rings is 3. The molecule has 180 valence electrons. The number of halogens is 2. The van der Waals surface area contributed by atoms with Gasteiger partial charge in [0.1, 0.15) is 24.8 Å². The van der Waals surface area contributed by atoms with Gasteiger partial charge in [-0.2, -0.15) is 0 Å². The zero-order valence-corrected chi connectivity index (χ0v) is 21.1. The largest absolute Gasteiger partial charge is 0.493 e. The molecule has 0 N–H and O–H groups in total. The van der Waals surface area contributed by atoms with Gasteiger partial charge in [-0.05, 0) is 54.2 Å². The topological polar surface area (TPSA) is 65.1 Å². The Morgan fingerprint density at radius 1 is 0.971 bits per heavy atom. The maximum Gasteiger partial charge on any atom is 0.293 e. The number of hydrogen-bond acceptors (Lipinski definition) is 6. The van der Waals surface area contributed by atoms with Gasteiger partial charge in [-0.25, -0.2) is 4.39 Å². The van der Waals surface area contributed by atoms with E-state index in [9.17, 15) is 14.0 Å². The lowest BCUT2D eigenvalue weighted by Gasteiger charge is -2.14. The Kier molecular flexibility index (Phi) is 8.09. The fourth-order valence-electron chi connectivity index (χ4n) is 3.35. The van der Waals surface area contributed by atoms with E-state index in [0.717, 1.165) is 21.1 Å². The van der Waals surface area contributed by atoms with E-state index in [1.165, 1.54) is 6.07 Å². The molecule has 0 aromatic heterocycles. The molecule has 1 heterocycles. The third-order valence-electron chi connectivity index (χ3n) is 5.11. The van der Waals surface area contributed by atoms with Gasteiger partial charge in [-0.1, -0.05) is 46.3 Å². The Hall–Kier alpha value is -3.30. The molecule has 3 aromatic rings. The molecule has 1 saturated heterocycles. The summed E-state index contributed by atoms with van der Waals surface area (Å²) in [5, 5.41) is -0.381. The molecule has 1 aliphatic heterocycles. The number of methoxy groups -OCH3 is 1. The van der Waals surface area contributed by atoms with Crippen LogP contribution in [0, 0.1) is 5.82 Å². The molecule has 0 bridgehead atoms. The van der Waals surface area contributed by atoms with Gasteiger partial charge in [-0.3, -0.25) is 14.5 Å². The molecule has 6 nitrogen and oxygen atoms in total. The summed E-state index contributed by atoms with van der Waals surface area (Å²) in [6.45, 7) is 0.242. The van der Waals surface area contributed by atoms with E-state index >= 15 is 0 Å². The molecular weight excluding hydrogens is 537 g/mol. The summed E-state index contributed by atoms with van der Waals surface area (Å²) in [6, 6.07) is 18.8. The third-order valence-corrected chi connectivity index (χ3v) is 6.52. The van der Waals surface area contributed by atoms with E-state index in [-0.39, 0.29) is 35.7 Å². The van der Waals surface area contributed by atoms with Crippen molar-refractivity contribution in [2.24, 2.45) is 0 Å². The number of amides is 2. The number of carbonyl (C=O) groups excluding carboxylic acids is 2. The van der Waals surface area contributed by atoms with E-state index in [1.807, 2.05) is 12.1 Å². The van der Waals surface area contributed by atoms with Crippen LogP contribution in [0.1, 0.15) is 11.1 Å². The molecule has 3 aromatic carbocycles. The first-order chi connectivity index (χ1) is 17.0. The summed E-state index contributed by atoms with van der Waals surface area (Å²) >= 11 is 4.27. The highest BCUT2D eigenvalue weighted by Crippen LogP contribution is 2.35. The van der Waals surface area contributed by atoms with Crippen LogP contribution in [-0.4, -0.2) is 36.3 Å². The SMILES string of the molecule is COc1ccccc1OCCN1C(=O)S/C(=C\c2cc(Br)ccc2OCc2ccccc2F)C1=O. The summed E-state index contributed by atoms with van der Waals surface area (Å²) in [5.41, 5.74) is 1.00. The fourth-order valence-corrected chi connectivity index (χ4v) is 4.59. The summed E-state index contributed by atoms with van der Waals surface area (Å²) in [5.74, 6) is 0.788. The molecule has 0 saturated carbocycles. The van der Waals surface area contributed by atoms with Crippen molar-refractivity contribution in [3.05, 3.63) is 93.1 Å². The molecule has 0 radical (unpaired) electrons. The Balaban J connectivity index is 1.46. The number of nitrogens with zero attached hydrogens (tertiary/aromatic N) is 1. The van der Waals surface area contributed by atoms with Gasteiger partial charge >= 0.3 is 0 Å². The Labute approximate surface area is 214 Å². The van der Waals surface area contributed by atoms with Gasteiger partial charge in [0.2, 0.25) is 0 Å². The summed E-state index contributed by atoms with van der Waals surface area (Å²) < 4.78 is 31.5. The van der Waals surface area contributed by atoms with Crippen LogP contribution in [0.5, 0.6) is 17.2 Å². The van der Waals surface area contributed by atoms with Gasteiger partial charge in [0.15, 0.2) is 11.5 Å². The van der Waals surface area contributed by atoms with E-state index in [4.69, 9.17) is 14.2 Å². The Morgan fingerprint density at radius 3 is 2.49 bits per heavy atom. The average molecular weight is 558 g/mol. The van der Waals surface area contributed by atoms with E-state index in [2.05, 4.69) is 15.9 Å². The van der Waals surface area contributed by atoms with Gasteiger partial charge in [0, 0.05) is 15.6 Å². The zero-order chi connectivity index (χ0) is 24.8. The molecule has 2 amide bonds. The minimum atomic E-state index is -0.413. The molecule has 0 unspecified atom stereocenters. The summed E-state index contributed by atoms with van der Waals surface area (Å²) in [6.07, 6.45) is 1.60. The second-order valence-electron chi connectivity index (χ2n) is 7.39. The highest BCUT2D eigenvalue weighted by molar-refractivity contribution is 9.10. The molecule has 1 aliphatic rings. The summed E-state index contributed by atoms with van der Waals surface area (Å²) in [7, 11) is 1.54. The molecule has 0 atom stereocenters. The predicted molar refractivity (Wildman–Crippen MR) is 136 cm³/mol. The first-order valence-electron chi connectivity index (χ1n) is 10.6. The van der Waals surface area contributed by atoms with E-state index in [1.54, 1.807) is 61.7 Å². The fraction of sp³-hybridized carbons (Fsp3) is 0.154. The standard InChI is InChI=1S/C26H21BrFNO5S/c1-32-22-8-4-5-9-23(22)33-13-12-29-25(30)24(35-26(29)31)15-18-14-19(27)10-11-21(18)34-16-17-6-2-3-7-20(17)28/h2-11,14-15H,12-13,16H2,1H3/b24-15-. The van der Waals surface area contributed by atoms with Gasteiger partial charge in [-0.15, -0.1) is 0 Å². The lowest BCUT2D eigenvalue weighted by Crippen LogP contribution is -2.32. The zero-order valence-electron chi connectivity index (χ0n) is 18.7. The Bertz CT molecular complexity index is 1280. The van der Waals surface area contributed by atoms with Crippen molar-refractivity contribution in [3.63, 3.8) is 0 Å². The number of carbonyl (C=O) groups is 2. The maximum absolute atomic E-state index is 14.0. The number of imide groups is 1. The number of thioether (sulfide) groups is 1. The van der Waals surface area contributed by atoms with E-state index in [0.29, 0.717) is 28.4 Å². The molecule has 4 rings (SSSR count). The highest BCUT2D eigenvalue weighted by Gasteiger charge is 2.35. The molecule has 35 heavy (non-hydrogen) atoms. The molecule has 0 aliphatic carbocycles. The average Bonchev–Trinajstić information content (AvgIpc) is 3.12. The molecule has 0 spiro atoms. The Morgan fingerprint density at radius 2 is 1.71 bits per heavy atom. The van der Waals surface area contributed by atoms with Crippen LogP contribution in [0.25, 0.3) is 6.08 Å². The highest BCUT2D eigenvalue weighted by atomic mass is 79.9. The third kappa shape index (κ3) is 6.04. The van der Waals surface area contributed by atoms with Crippen LogP contribution in [0.3, 0.4) is 0 Å². The van der Waals surface area contributed by atoms with Gasteiger partial charge in [0.05, 0.1) is 18.6 Å².